The van der Waals surface area contributed by atoms with Crippen LogP contribution in [0.15, 0.2) is 0 Å². The Kier molecular flexibility index (Phi) is 11.3. The predicted molar refractivity (Wildman–Crippen MR) is 75.7 cm³/mol. The normalized spacial score (nSPS) is 13.7. The number of aliphatic hydroxyl groups is 2. The molecule has 0 saturated heterocycles. The second-order valence-electron chi connectivity index (χ2n) is 4.66. The molecule has 0 aromatic heterocycles. The molecule has 17 heavy (non-hydrogen) atoms. The van der Waals surface area contributed by atoms with E-state index in [9.17, 15) is 0 Å². The topological polar surface area (TPSA) is 69.9 Å². The molecule has 0 fully saturated rings. The highest BCUT2D eigenvalue weighted by atomic mass is 79.9. The molecule has 0 aliphatic heterocycles. The highest BCUT2D eigenvalue weighted by molar-refractivity contribution is 9.09. The molecule has 0 spiro atoms. The van der Waals surface area contributed by atoms with Gasteiger partial charge in [0.05, 0.1) is 11.2 Å². The molecule has 0 amide bonds. The van der Waals surface area contributed by atoms with Crippen molar-refractivity contribution in [2.24, 2.45) is 0 Å². The SMILES string of the molecule is CC(C)(O)C(C)(C)O.OBOC(Cl)CCCBr. The summed E-state index contributed by atoms with van der Waals surface area (Å²) in [6.45, 7) is 6.31. The fourth-order valence-corrected chi connectivity index (χ4v) is 0.936. The van der Waals surface area contributed by atoms with Crippen molar-refractivity contribution in [3.8, 4) is 0 Å². The Balaban J connectivity index is 0. The second-order valence-corrected chi connectivity index (χ2v) is 5.93. The number of hydrogen-bond acceptors (Lipinski definition) is 4. The maximum absolute atomic E-state index is 9.10. The van der Waals surface area contributed by atoms with Crippen molar-refractivity contribution in [1.29, 1.82) is 0 Å². The van der Waals surface area contributed by atoms with Crippen LogP contribution < -0.4 is 0 Å². The molecule has 1 atom stereocenters. The molecular formula is C10H23BBrClO4. The van der Waals surface area contributed by atoms with Crippen LogP contribution in [0.4, 0.5) is 0 Å². The molecule has 0 aromatic rings. The third kappa shape index (κ3) is 12.9. The quantitative estimate of drug-likeness (QED) is 0.509. The van der Waals surface area contributed by atoms with Crippen molar-refractivity contribution < 1.29 is 19.9 Å². The van der Waals surface area contributed by atoms with Crippen molar-refractivity contribution in [2.75, 3.05) is 5.33 Å². The Hall–Kier alpha value is 0.675. The van der Waals surface area contributed by atoms with Gasteiger partial charge in [-0.25, -0.2) is 0 Å². The van der Waals surface area contributed by atoms with Crippen LogP contribution in [0.25, 0.3) is 0 Å². The number of hydrogen-bond donors (Lipinski definition) is 3. The summed E-state index contributed by atoms with van der Waals surface area (Å²) in [7, 11) is -0.295. The smallest absolute Gasteiger partial charge is 0.430 e. The van der Waals surface area contributed by atoms with E-state index in [0.717, 1.165) is 18.2 Å². The molecule has 0 rings (SSSR count). The van der Waals surface area contributed by atoms with E-state index in [4.69, 9.17) is 26.8 Å². The second kappa shape index (κ2) is 9.58. The fraction of sp³-hybridized carbons (Fsp3) is 1.00. The first-order chi connectivity index (χ1) is 7.56. The van der Waals surface area contributed by atoms with E-state index >= 15 is 0 Å². The molecule has 0 saturated carbocycles. The van der Waals surface area contributed by atoms with E-state index in [0.29, 0.717) is 0 Å². The van der Waals surface area contributed by atoms with Crippen LogP contribution in [0.1, 0.15) is 40.5 Å². The van der Waals surface area contributed by atoms with Crippen molar-refractivity contribution >= 4 is 35.2 Å². The summed E-state index contributed by atoms with van der Waals surface area (Å²) >= 11 is 8.81. The van der Waals surface area contributed by atoms with Gasteiger partial charge in [0.15, 0.2) is 0 Å². The molecule has 0 aliphatic rings. The van der Waals surface area contributed by atoms with Crippen LogP contribution in [-0.4, -0.2) is 45.0 Å². The van der Waals surface area contributed by atoms with Gasteiger partial charge in [0.2, 0.25) is 0 Å². The molecule has 0 bridgehead atoms. The van der Waals surface area contributed by atoms with Crippen LogP contribution in [0, 0.1) is 0 Å². The highest BCUT2D eigenvalue weighted by Crippen LogP contribution is 2.19. The Morgan fingerprint density at radius 1 is 1.24 bits per heavy atom. The van der Waals surface area contributed by atoms with Gasteiger partial charge in [0.25, 0.3) is 0 Å². The van der Waals surface area contributed by atoms with Crippen LogP contribution in [0.2, 0.25) is 0 Å². The molecule has 0 aliphatic carbocycles. The lowest BCUT2D eigenvalue weighted by Gasteiger charge is -2.31. The van der Waals surface area contributed by atoms with E-state index in [2.05, 4.69) is 20.6 Å². The largest absolute Gasteiger partial charge is 0.436 e. The average molecular weight is 333 g/mol. The highest BCUT2D eigenvalue weighted by Gasteiger charge is 2.31. The number of halogens is 2. The molecule has 1 unspecified atom stereocenters. The molecule has 0 aromatic carbocycles. The van der Waals surface area contributed by atoms with Crippen molar-refractivity contribution in [3.63, 3.8) is 0 Å². The molecule has 104 valence electrons. The lowest BCUT2D eigenvalue weighted by atomic mass is 9.90. The van der Waals surface area contributed by atoms with Gasteiger partial charge in [-0.15, -0.1) is 0 Å². The van der Waals surface area contributed by atoms with Gasteiger partial charge in [0, 0.05) is 5.33 Å². The molecule has 3 N–H and O–H groups in total. The predicted octanol–water partition coefficient (Wildman–Crippen LogP) is 1.53. The third-order valence-corrected chi connectivity index (χ3v) is 3.22. The van der Waals surface area contributed by atoms with Crippen LogP contribution in [0.3, 0.4) is 0 Å². The van der Waals surface area contributed by atoms with Crippen LogP contribution in [0.5, 0.6) is 0 Å². The maximum atomic E-state index is 9.10. The fourth-order valence-electron chi connectivity index (χ4n) is 0.402. The van der Waals surface area contributed by atoms with Gasteiger partial charge in [-0.2, -0.15) is 0 Å². The van der Waals surface area contributed by atoms with Crippen molar-refractivity contribution in [2.45, 2.75) is 57.3 Å². The zero-order chi connectivity index (χ0) is 14.1. The lowest BCUT2D eigenvalue weighted by Crippen LogP contribution is -2.44. The Morgan fingerprint density at radius 3 is 1.88 bits per heavy atom. The van der Waals surface area contributed by atoms with E-state index in [1.54, 1.807) is 27.7 Å². The van der Waals surface area contributed by atoms with E-state index in [1.165, 1.54) is 0 Å². The summed E-state index contributed by atoms with van der Waals surface area (Å²) in [4.78, 5) is 0. The molecule has 4 nitrogen and oxygen atoms in total. The maximum Gasteiger partial charge on any atom is 0.436 e. The van der Waals surface area contributed by atoms with Crippen molar-refractivity contribution in [1.82, 2.24) is 0 Å². The van der Waals surface area contributed by atoms with E-state index in [1.807, 2.05) is 0 Å². The first-order valence-corrected chi connectivity index (χ1v) is 6.99. The van der Waals surface area contributed by atoms with Gasteiger partial charge in [-0.05, 0) is 40.5 Å². The molecular weight excluding hydrogens is 310 g/mol. The standard InChI is InChI=1S/C6H14O2.C4H9BBrClO2/c1-5(2,7)6(3,4)8;6-3-1-2-4(7)9-5-8/h7-8H,1-4H3;4-5,8H,1-3H2. The first kappa shape index (κ1) is 20.0. The van der Waals surface area contributed by atoms with Gasteiger partial charge >= 0.3 is 7.69 Å². The number of alkyl halides is 2. The van der Waals surface area contributed by atoms with Gasteiger partial charge in [-0.1, -0.05) is 27.5 Å². The average Bonchev–Trinajstić information content (AvgIpc) is 2.13. The van der Waals surface area contributed by atoms with Gasteiger partial charge in [-0.3, -0.25) is 0 Å². The first-order valence-electron chi connectivity index (χ1n) is 5.43. The summed E-state index contributed by atoms with van der Waals surface area (Å²) in [5.74, 6) is 0. The summed E-state index contributed by atoms with van der Waals surface area (Å²) in [6, 6.07) is 0. The zero-order valence-corrected chi connectivity index (χ0v) is 13.3. The van der Waals surface area contributed by atoms with E-state index in [-0.39, 0.29) is 13.2 Å². The minimum atomic E-state index is -1.01. The molecule has 0 radical (unpaired) electrons. The minimum Gasteiger partial charge on any atom is -0.430 e. The number of rotatable bonds is 6. The molecule has 7 heteroatoms. The Bertz CT molecular complexity index is 170. The third-order valence-electron chi connectivity index (χ3n) is 2.32. The molecule has 0 heterocycles. The summed E-state index contributed by atoms with van der Waals surface area (Å²) < 4.78 is 4.64. The van der Waals surface area contributed by atoms with Crippen LogP contribution in [-0.2, 0) is 4.65 Å². The van der Waals surface area contributed by atoms with Gasteiger partial charge in [0.1, 0.15) is 5.56 Å². The lowest BCUT2D eigenvalue weighted by molar-refractivity contribution is -0.107. The van der Waals surface area contributed by atoms with Crippen LogP contribution >= 0.6 is 27.5 Å². The van der Waals surface area contributed by atoms with E-state index < -0.39 is 11.2 Å². The summed E-state index contributed by atoms with van der Waals surface area (Å²) in [6.07, 6.45) is 1.74. The Morgan fingerprint density at radius 2 is 1.65 bits per heavy atom. The van der Waals surface area contributed by atoms with Gasteiger partial charge < -0.3 is 19.9 Å². The summed E-state index contributed by atoms with van der Waals surface area (Å²) in [5, 5.41) is 27.3. The summed E-state index contributed by atoms with van der Waals surface area (Å²) in [5.41, 5.74) is -2.35. The van der Waals surface area contributed by atoms with Crippen molar-refractivity contribution in [3.05, 3.63) is 0 Å². The monoisotopic (exact) mass is 332 g/mol. The minimum absolute atomic E-state index is 0.295. The zero-order valence-electron chi connectivity index (χ0n) is 10.9. The Labute approximate surface area is 118 Å².